The maximum Gasteiger partial charge on any atom is 0.360 e. The number of carboxylic acids is 1. The molecule has 0 unspecified atom stereocenters. The van der Waals surface area contributed by atoms with E-state index in [1.54, 1.807) is 18.2 Å². The first-order valence-corrected chi connectivity index (χ1v) is 7.76. The van der Waals surface area contributed by atoms with Crippen LogP contribution in [0.2, 0.25) is 10.0 Å². The quantitative estimate of drug-likeness (QED) is 0.900. The Morgan fingerprint density at radius 1 is 1.18 bits per heavy atom. The Balaban J connectivity index is 2.02. The molecule has 1 aliphatic rings. The lowest BCUT2D eigenvalue weighted by Crippen LogP contribution is -2.30. The topological polar surface area (TPSA) is 66.6 Å². The van der Waals surface area contributed by atoms with Gasteiger partial charge >= 0.3 is 5.97 Å². The number of carbonyl (C=O) groups is 1. The maximum absolute atomic E-state index is 11.4. The molecule has 1 N–H and O–H groups in total. The van der Waals surface area contributed by atoms with Gasteiger partial charge in [-0.05, 0) is 37.5 Å². The van der Waals surface area contributed by atoms with Gasteiger partial charge in [-0.25, -0.2) is 4.79 Å². The summed E-state index contributed by atoms with van der Waals surface area (Å²) < 4.78 is 5.73. The number of aromatic nitrogens is 1. The number of halogens is 2. The number of piperidine rings is 1. The van der Waals surface area contributed by atoms with E-state index in [0.717, 1.165) is 32.4 Å². The van der Waals surface area contributed by atoms with E-state index < -0.39 is 5.97 Å². The largest absolute Gasteiger partial charge is 0.476 e. The van der Waals surface area contributed by atoms with Crippen molar-refractivity contribution in [2.45, 2.75) is 19.3 Å². The second kappa shape index (κ2) is 6.18. The highest BCUT2D eigenvalue weighted by molar-refractivity contribution is 6.42. The molecule has 3 rings (SSSR count). The summed E-state index contributed by atoms with van der Waals surface area (Å²) in [5.74, 6) is -0.555. The first-order valence-electron chi connectivity index (χ1n) is 7.01. The molecular weight excluding hydrogens is 327 g/mol. The normalized spacial score (nSPS) is 15.1. The van der Waals surface area contributed by atoms with Crippen molar-refractivity contribution < 1.29 is 14.3 Å². The number of nitrogens with zero attached hydrogens (tertiary/aromatic N) is 2. The molecule has 1 aliphatic heterocycles. The summed E-state index contributed by atoms with van der Waals surface area (Å²) in [4.78, 5) is 17.5. The number of hydrogen-bond acceptors (Lipinski definition) is 4. The summed E-state index contributed by atoms with van der Waals surface area (Å²) in [5, 5.41) is 10.2. The van der Waals surface area contributed by atoms with Crippen molar-refractivity contribution in [2.24, 2.45) is 0 Å². The number of rotatable bonds is 3. The lowest BCUT2D eigenvalue weighted by Gasteiger charge is -2.26. The van der Waals surface area contributed by atoms with Crippen molar-refractivity contribution in [3.8, 4) is 11.5 Å². The van der Waals surface area contributed by atoms with Crippen LogP contribution >= 0.6 is 23.2 Å². The van der Waals surface area contributed by atoms with Gasteiger partial charge in [-0.15, -0.1) is 0 Å². The molecule has 7 heteroatoms. The fourth-order valence-electron chi connectivity index (χ4n) is 2.52. The van der Waals surface area contributed by atoms with Gasteiger partial charge in [-0.3, -0.25) is 0 Å². The van der Waals surface area contributed by atoms with Crippen LogP contribution in [0, 0.1) is 0 Å². The van der Waals surface area contributed by atoms with Gasteiger partial charge in [0.05, 0.1) is 10.0 Å². The molecule has 2 aromatic rings. The molecule has 1 saturated heterocycles. The van der Waals surface area contributed by atoms with Gasteiger partial charge in [0.25, 0.3) is 0 Å². The second-order valence-corrected chi connectivity index (χ2v) is 5.97. The van der Waals surface area contributed by atoms with Gasteiger partial charge in [0.2, 0.25) is 17.5 Å². The first-order chi connectivity index (χ1) is 10.6. The summed E-state index contributed by atoms with van der Waals surface area (Å²) in [6.45, 7) is 1.55. The minimum absolute atomic E-state index is 0.0667. The molecule has 5 nitrogen and oxygen atoms in total. The molecule has 0 bridgehead atoms. The summed E-state index contributed by atoms with van der Waals surface area (Å²) >= 11 is 11.9. The van der Waals surface area contributed by atoms with E-state index >= 15 is 0 Å². The Kier molecular flexibility index (Phi) is 4.27. The van der Waals surface area contributed by atoms with Crippen molar-refractivity contribution in [1.82, 2.24) is 4.98 Å². The smallest absolute Gasteiger partial charge is 0.360 e. The SMILES string of the molecule is O=C(O)c1nc(-c2ccc(Cl)c(Cl)c2)oc1N1CCCCC1. The van der Waals surface area contributed by atoms with E-state index in [1.807, 2.05) is 4.90 Å². The third kappa shape index (κ3) is 2.91. The van der Waals surface area contributed by atoms with Crippen LogP contribution < -0.4 is 4.90 Å². The standard InChI is InChI=1S/C15H14Cl2N2O3/c16-10-5-4-9(8-11(10)17)13-18-12(15(20)21)14(22-13)19-6-2-1-3-7-19/h4-5,8H,1-3,6-7H2,(H,20,21). The lowest BCUT2D eigenvalue weighted by atomic mass is 10.1. The van der Waals surface area contributed by atoms with Crippen molar-refractivity contribution in [3.63, 3.8) is 0 Å². The van der Waals surface area contributed by atoms with E-state index in [-0.39, 0.29) is 11.6 Å². The number of anilines is 1. The fraction of sp³-hybridized carbons (Fsp3) is 0.333. The zero-order valence-corrected chi connectivity index (χ0v) is 13.2. The summed E-state index contributed by atoms with van der Waals surface area (Å²) in [5.41, 5.74) is 0.531. The predicted molar refractivity (Wildman–Crippen MR) is 85.0 cm³/mol. The van der Waals surface area contributed by atoms with Gasteiger partial charge < -0.3 is 14.4 Å². The third-order valence-electron chi connectivity index (χ3n) is 3.62. The molecule has 0 amide bonds. The lowest BCUT2D eigenvalue weighted by molar-refractivity contribution is 0.0691. The number of oxazole rings is 1. The van der Waals surface area contributed by atoms with Crippen LogP contribution in [0.4, 0.5) is 5.88 Å². The average Bonchev–Trinajstić information content (AvgIpc) is 2.96. The van der Waals surface area contributed by atoms with Crippen molar-refractivity contribution in [3.05, 3.63) is 33.9 Å². The van der Waals surface area contributed by atoms with E-state index in [9.17, 15) is 9.90 Å². The fourth-order valence-corrected chi connectivity index (χ4v) is 2.81. The Morgan fingerprint density at radius 2 is 1.91 bits per heavy atom. The molecule has 0 spiro atoms. The molecule has 116 valence electrons. The van der Waals surface area contributed by atoms with Crippen LogP contribution in [-0.4, -0.2) is 29.1 Å². The minimum Gasteiger partial charge on any atom is -0.476 e. The molecule has 1 aromatic heterocycles. The van der Waals surface area contributed by atoms with Gasteiger partial charge in [-0.2, -0.15) is 4.98 Å². The van der Waals surface area contributed by atoms with E-state index in [4.69, 9.17) is 27.6 Å². The molecule has 1 aromatic carbocycles. The van der Waals surface area contributed by atoms with Gasteiger partial charge in [0, 0.05) is 18.7 Å². The first kappa shape index (κ1) is 15.2. The zero-order chi connectivity index (χ0) is 15.7. The van der Waals surface area contributed by atoms with Crippen molar-refractivity contribution in [2.75, 3.05) is 18.0 Å². The Morgan fingerprint density at radius 3 is 2.55 bits per heavy atom. The van der Waals surface area contributed by atoms with Crippen LogP contribution in [0.15, 0.2) is 22.6 Å². The van der Waals surface area contributed by atoms with Crippen LogP contribution in [0.5, 0.6) is 0 Å². The van der Waals surface area contributed by atoms with Crippen LogP contribution in [0.1, 0.15) is 29.8 Å². The molecule has 0 atom stereocenters. The maximum atomic E-state index is 11.4. The molecule has 0 saturated carbocycles. The number of carboxylic acid groups (broad SMARTS) is 1. The molecular formula is C15H14Cl2N2O3. The van der Waals surface area contributed by atoms with Gasteiger partial charge in [-0.1, -0.05) is 23.2 Å². The van der Waals surface area contributed by atoms with Crippen molar-refractivity contribution in [1.29, 1.82) is 0 Å². The highest BCUT2D eigenvalue weighted by atomic mass is 35.5. The van der Waals surface area contributed by atoms with E-state index in [0.29, 0.717) is 21.5 Å². The highest BCUT2D eigenvalue weighted by Gasteiger charge is 2.26. The average molecular weight is 341 g/mol. The summed E-state index contributed by atoms with van der Waals surface area (Å²) in [7, 11) is 0. The van der Waals surface area contributed by atoms with Crippen LogP contribution in [0.25, 0.3) is 11.5 Å². The Hall–Kier alpha value is -1.72. The zero-order valence-electron chi connectivity index (χ0n) is 11.7. The second-order valence-electron chi connectivity index (χ2n) is 5.15. The molecule has 1 fully saturated rings. The van der Waals surface area contributed by atoms with E-state index in [1.165, 1.54) is 0 Å². The summed E-state index contributed by atoms with van der Waals surface area (Å²) in [6.07, 6.45) is 3.18. The molecule has 0 aliphatic carbocycles. The number of hydrogen-bond donors (Lipinski definition) is 1. The van der Waals surface area contributed by atoms with Crippen LogP contribution in [0.3, 0.4) is 0 Å². The van der Waals surface area contributed by atoms with Gasteiger partial charge in [0.15, 0.2) is 0 Å². The number of aromatic carboxylic acids is 1. The van der Waals surface area contributed by atoms with Crippen molar-refractivity contribution >= 4 is 35.1 Å². The summed E-state index contributed by atoms with van der Waals surface area (Å²) in [6, 6.07) is 4.94. The third-order valence-corrected chi connectivity index (χ3v) is 4.36. The Bertz CT molecular complexity index is 709. The number of benzene rings is 1. The molecule has 0 radical (unpaired) electrons. The monoisotopic (exact) mass is 340 g/mol. The highest BCUT2D eigenvalue weighted by Crippen LogP contribution is 2.33. The van der Waals surface area contributed by atoms with E-state index in [2.05, 4.69) is 4.98 Å². The van der Waals surface area contributed by atoms with Gasteiger partial charge in [0.1, 0.15) is 0 Å². The predicted octanol–water partition coefficient (Wildman–Crippen LogP) is 4.34. The minimum atomic E-state index is -1.10. The Labute approximate surface area is 137 Å². The van der Waals surface area contributed by atoms with Crippen LogP contribution in [-0.2, 0) is 0 Å². The molecule has 22 heavy (non-hydrogen) atoms. The molecule has 2 heterocycles.